The van der Waals surface area contributed by atoms with E-state index >= 15 is 0 Å². The number of ether oxygens (including phenoxy) is 1. The van der Waals surface area contributed by atoms with Gasteiger partial charge in [0.15, 0.2) is 5.76 Å². The Morgan fingerprint density at radius 2 is 2.05 bits per heavy atom. The van der Waals surface area contributed by atoms with E-state index in [4.69, 9.17) is 9.26 Å². The maximum atomic E-state index is 12.2. The van der Waals surface area contributed by atoms with Gasteiger partial charge in [-0.2, -0.15) is 0 Å². The quantitative estimate of drug-likeness (QED) is 0.794. The number of aromatic nitrogens is 1. The highest BCUT2D eigenvalue weighted by Gasteiger charge is 2.17. The molecule has 0 bridgehead atoms. The summed E-state index contributed by atoms with van der Waals surface area (Å²) < 4.78 is 10.3. The van der Waals surface area contributed by atoms with Gasteiger partial charge in [-0.3, -0.25) is 4.79 Å². The second-order valence-corrected chi connectivity index (χ2v) is 4.76. The molecule has 21 heavy (non-hydrogen) atoms. The first-order chi connectivity index (χ1) is 10.3. The second kappa shape index (κ2) is 7.47. The molecular formula is C16H20N2O3. The number of amides is 1. The largest absolute Gasteiger partial charge is 0.497 e. The van der Waals surface area contributed by atoms with E-state index in [0.717, 1.165) is 30.6 Å². The van der Waals surface area contributed by atoms with Crippen molar-refractivity contribution in [2.24, 2.45) is 0 Å². The van der Waals surface area contributed by atoms with Crippen molar-refractivity contribution in [2.75, 3.05) is 13.7 Å². The lowest BCUT2D eigenvalue weighted by Gasteiger charge is -2.05. The predicted octanol–water partition coefficient (Wildman–Crippen LogP) is 3.27. The molecule has 0 aliphatic rings. The van der Waals surface area contributed by atoms with Crippen LogP contribution in [-0.4, -0.2) is 24.7 Å². The molecule has 2 aromatic rings. The van der Waals surface area contributed by atoms with Crippen LogP contribution in [0.3, 0.4) is 0 Å². The molecule has 0 aliphatic heterocycles. The fourth-order valence-electron chi connectivity index (χ4n) is 2.02. The van der Waals surface area contributed by atoms with Gasteiger partial charge < -0.3 is 14.6 Å². The summed E-state index contributed by atoms with van der Waals surface area (Å²) in [5, 5.41) is 6.63. The third-order valence-electron chi connectivity index (χ3n) is 3.23. The Kier molecular flexibility index (Phi) is 5.37. The van der Waals surface area contributed by atoms with E-state index in [-0.39, 0.29) is 5.91 Å². The van der Waals surface area contributed by atoms with Crippen LogP contribution in [0.1, 0.15) is 36.5 Å². The topological polar surface area (TPSA) is 64.4 Å². The molecule has 0 fully saturated rings. The Balaban J connectivity index is 2.08. The number of methoxy groups -OCH3 is 1. The predicted molar refractivity (Wildman–Crippen MR) is 80.3 cm³/mol. The number of hydrogen-bond donors (Lipinski definition) is 1. The van der Waals surface area contributed by atoms with Gasteiger partial charge in [0.05, 0.1) is 13.3 Å². The van der Waals surface area contributed by atoms with E-state index in [2.05, 4.69) is 17.4 Å². The van der Waals surface area contributed by atoms with Gasteiger partial charge in [-0.25, -0.2) is 0 Å². The van der Waals surface area contributed by atoms with Crippen LogP contribution >= 0.6 is 0 Å². The highest BCUT2D eigenvalue weighted by Crippen LogP contribution is 2.25. The minimum Gasteiger partial charge on any atom is -0.497 e. The molecule has 1 aromatic carbocycles. The average molecular weight is 288 g/mol. The van der Waals surface area contributed by atoms with Crippen LogP contribution in [0.2, 0.25) is 0 Å². The van der Waals surface area contributed by atoms with Crippen LogP contribution in [0, 0.1) is 0 Å². The molecule has 2 rings (SSSR count). The van der Waals surface area contributed by atoms with Gasteiger partial charge in [0.1, 0.15) is 11.3 Å². The molecule has 0 atom stereocenters. The molecule has 1 N–H and O–H groups in total. The Morgan fingerprint density at radius 3 is 2.71 bits per heavy atom. The lowest BCUT2D eigenvalue weighted by Crippen LogP contribution is -2.24. The lowest BCUT2D eigenvalue weighted by molar-refractivity contribution is 0.0953. The molecule has 1 heterocycles. The first-order valence-electron chi connectivity index (χ1n) is 7.13. The zero-order valence-corrected chi connectivity index (χ0v) is 12.4. The van der Waals surface area contributed by atoms with Crippen LogP contribution in [0.25, 0.3) is 11.3 Å². The monoisotopic (exact) mass is 288 g/mol. The number of carbonyl (C=O) groups is 1. The van der Waals surface area contributed by atoms with E-state index < -0.39 is 0 Å². The van der Waals surface area contributed by atoms with Gasteiger partial charge in [0.2, 0.25) is 0 Å². The second-order valence-electron chi connectivity index (χ2n) is 4.76. The number of benzene rings is 1. The van der Waals surface area contributed by atoms with Crippen LogP contribution in [-0.2, 0) is 0 Å². The zero-order chi connectivity index (χ0) is 15.1. The summed E-state index contributed by atoms with van der Waals surface area (Å²) in [7, 11) is 1.61. The molecule has 0 saturated heterocycles. The fourth-order valence-corrected chi connectivity index (χ4v) is 2.02. The van der Waals surface area contributed by atoms with Crippen LogP contribution < -0.4 is 10.1 Å². The summed E-state index contributed by atoms with van der Waals surface area (Å²) in [5.74, 6) is 1.08. The maximum Gasteiger partial charge on any atom is 0.256 e. The molecule has 0 saturated carbocycles. The van der Waals surface area contributed by atoms with Crippen molar-refractivity contribution in [1.29, 1.82) is 0 Å². The molecule has 5 nitrogen and oxygen atoms in total. The van der Waals surface area contributed by atoms with Gasteiger partial charge in [-0.05, 0) is 30.7 Å². The maximum absolute atomic E-state index is 12.2. The van der Waals surface area contributed by atoms with E-state index in [0.29, 0.717) is 17.9 Å². The van der Waals surface area contributed by atoms with Crippen molar-refractivity contribution in [3.8, 4) is 17.1 Å². The smallest absolute Gasteiger partial charge is 0.256 e. The normalized spacial score (nSPS) is 10.4. The molecule has 112 valence electrons. The molecule has 1 aromatic heterocycles. The number of carbonyl (C=O) groups excluding carboxylic acids is 1. The highest BCUT2D eigenvalue weighted by atomic mass is 16.5. The van der Waals surface area contributed by atoms with E-state index in [9.17, 15) is 4.79 Å². The summed E-state index contributed by atoms with van der Waals surface area (Å²) in [5.41, 5.74) is 1.25. The van der Waals surface area contributed by atoms with Crippen molar-refractivity contribution in [1.82, 2.24) is 10.5 Å². The number of unbranched alkanes of at least 4 members (excludes halogenated alkanes) is 2. The number of hydrogen-bond acceptors (Lipinski definition) is 4. The van der Waals surface area contributed by atoms with Crippen molar-refractivity contribution < 1.29 is 14.1 Å². The zero-order valence-electron chi connectivity index (χ0n) is 12.4. The summed E-state index contributed by atoms with van der Waals surface area (Å²) >= 11 is 0. The van der Waals surface area contributed by atoms with Gasteiger partial charge in [-0.1, -0.05) is 24.9 Å². The standard InChI is InChI=1S/C16H20N2O3/c1-3-4-5-10-17-16(19)14-11-18-21-15(14)12-6-8-13(20-2)9-7-12/h6-9,11H,3-5,10H2,1-2H3,(H,17,19). The first-order valence-corrected chi connectivity index (χ1v) is 7.13. The van der Waals surface area contributed by atoms with E-state index in [1.165, 1.54) is 6.20 Å². The minimum atomic E-state index is -0.154. The van der Waals surface area contributed by atoms with Crippen LogP contribution in [0.15, 0.2) is 35.0 Å². The van der Waals surface area contributed by atoms with Crippen molar-refractivity contribution in [3.63, 3.8) is 0 Å². The summed E-state index contributed by atoms with van der Waals surface area (Å²) in [4.78, 5) is 12.2. The van der Waals surface area contributed by atoms with Gasteiger partial charge >= 0.3 is 0 Å². The average Bonchev–Trinajstić information content (AvgIpc) is 3.01. The van der Waals surface area contributed by atoms with E-state index in [1.54, 1.807) is 7.11 Å². The van der Waals surface area contributed by atoms with Gasteiger partial charge in [0.25, 0.3) is 5.91 Å². The van der Waals surface area contributed by atoms with Gasteiger partial charge in [0, 0.05) is 12.1 Å². The highest BCUT2D eigenvalue weighted by molar-refractivity contribution is 5.99. The Morgan fingerprint density at radius 1 is 1.29 bits per heavy atom. The number of nitrogens with zero attached hydrogens (tertiary/aromatic N) is 1. The SMILES string of the molecule is CCCCCNC(=O)c1cnoc1-c1ccc(OC)cc1. The van der Waals surface area contributed by atoms with Crippen LogP contribution in [0.5, 0.6) is 5.75 Å². The van der Waals surface area contributed by atoms with Crippen molar-refractivity contribution >= 4 is 5.91 Å². The summed E-state index contributed by atoms with van der Waals surface area (Å²) in [6, 6.07) is 7.32. The molecular weight excluding hydrogens is 268 g/mol. The third kappa shape index (κ3) is 3.84. The van der Waals surface area contributed by atoms with Crippen LogP contribution in [0.4, 0.5) is 0 Å². The minimum absolute atomic E-state index is 0.154. The van der Waals surface area contributed by atoms with Gasteiger partial charge in [-0.15, -0.1) is 0 Å². The third-order valence-corrected chi connectivity index (χ3v) is 3.23. The summed E-state index contributed by atoms with van der Waals surface area (Å²) in [6.07, 6.45) is 4.66. The molecule has 1 amide bonds. The summed E-state index contributed by atoms with van der Waals surface area (Å²) in [6.45, 7) is 2.80. The molecule has 0 radical (unpaired) electrons. The Hall–Kier alpha value is -2.30. The molecule has 0 aliphatic carbocycles. The first kappa shape index (κ1) is 15.1. The van der Waals surface area contributed by atoms with Crippen molar-refractivity contribution in [2.45, 2.75) is 26.2 Å². The number of rotatable bonds is 7. The Labute approximate surface area is 124 Å². The lowest BCUT2D eigenvalue weighted by atomic mass is 10.1. The molecule has 0 unspecified atom stereocenters. The number of nitrogens with one attached hydrogen (secondary N) is 1. The molecule has 0 spiro atoms. The van der Waals surface area contributed by atoms with Crippen molar-refractivity contribution in [3.05, 3.63) is 36.0 Å². The van der Waals surface area contributed by atoms with E-state index in [1.807, 2.05) is 24.3 Å². The molecule has 5 heteroatoms. The Bertz CT molecular complexity index is 575. The fraction of sp³-hybridized carbons (Fsp3) is 0.375.